The second-order valence-electron chi connectivity index (χ2n) is 8.71. The van der Waals surface area contributed by atoms with Crippen LogP contribution in [-0.4, -0.2) is 26.7 Å². The predicted molar refractivity (Wildman–Crippen MR) is 101 cm³/mol. The lowest BCUT2D eigenvalue weighted by Crippen LogP contribution is -2.44. The molecule has 128 valence electrons. The molecule has 4 heteroatoms. The number of methoxy groups -OCH3 is 1. The number of fused-ring (bicyclic) bond motifs is 1. The Balaban J connectivity index is 2.50. The standard InChI is InChI=1S/C19H31NO2Si/c1-13-15-11-17(22-23(8,9)18(2,3)4)16(21-7)10-14(15)12-19(5,6)20-13/h10-11H,12H2,1-9H3. The van der Waals surface area contributed by atoms with Crippen molar-refractivity contribution >= 4 is 14.0 Å². The third-order valence-corrected chi connectivity index (χ3v) is 9.39. The van der Waals surface area contributed by atoms with Crippen LogP contribution in [0.15, 0.2) is 17.1 Å². The first-order valence-electron chi connectivity index (χ1n) is 8.33. The molecule has 0 amide bonds. The van der Waals surface area contributed by atoms with Crippen molar-refractivity contribution in [2.24, 2.45) is 4.99 Å². The lowest BCUT2D eigenvalue weighted by Gasteiger charge is -2.37. The minimum atomic E-state index is -1.91. The van der Waals surface area contributed by atoms with Crippen LogP contribution < -0.4 is 9.16 Å². The van der Waals surface area contributed by atoms with E-state index in [1.807, 2.05) is 0 Å². The van der Waals surface area contributed by atoms with E-state index in [1.165, 1.54) is 11.1 Å². The van der Waals surface area contributed by atoms with Gasteiger partial charge in [-0.05, 0) is 63.0 Å². The fourth-order valence-electron chi connectivity index (χ4n) is 2.77. The van der Waals surface area contributed by atoms with E-state index in [9.17, 15) is 0 Å². The maximum absolute atomic E-state index is 6.51. The van der Waals surface area contributed by atoms with Gasteiger partial charge in [0.05, 0.1) is 12.6 Å². The van der Waals surface area contributed by atoms with Crippen LogP contribution in [0.4, 0.5) is 0 Å². The molecular weight excluding hydrogens is 302 g/mol. The van der Waals surface area contributed by atoms with Gasteiger partial charge in [-0.2, -0.15) is 0 Å². The second kappa shape index (κ2) is 5.66. The van der Waals surface area contributed by atoms with Crippen molar-refractivity contribution in [3.05, 3.63) is 23.3 Å². The minimum absolute atomic E-state index is 0.0517. The first-order chi connectivity index (χ1) is 10.4. The first kappa shape index (κ1) is 18.1. The molecule has 0 N–H and O–H groups in total. The third-order valence-electron chi connectivity index (χ3n) is 5.04. The first-order valence-corrected chi connectivity index (χ1v) is 11.2. The summed E-state index contributed by atoms with van der Waals surface area (Å²) in [6.45, 7) is 17.7. The molecule has 1 aromatic carbocycles. The Bertz CT molecular complexity index is 640. The molecule has 1 aromatic rings. The highest BCUT2D eigenvalue weighted by Gasteiger charge is 2.40. The van der Waals surface area contributed by atoms with Crippen molar-refractivity contribution < 1.29 is 9.16 Å². The van der Waals surface area contributed by atoms with Gasteiger partial charge in [-0.15, -0.1) is 0 Å². The molecule has 3 nitrogen and oxygen atoms in total. The van der Waals surface area contributed by atoms with Crippen molar-refractivity contribution in [1.29, 1.82) is 0 Å². The molecule has 0 atom stereocenters. The number of benzene rings is 1. The van der Waals surface area contributed by atoms with Crippen LogP contribution in [0.3, 0.4) is 0 Å². The molecule has 0 aliphatic carbocycles. The van der Waals surface area contributed by atoms with E-state index in [-0.39, 0.29) is 10.6 Å². The molecule has 1 aliphatic rings. The van der Waals surface area contributed by atoms with Gasteiger partial charge in [0.25, 0.3) is 8.32 Å². The van der Waals surface area contributed by atoms with E-state index >= 15 is 0 Å². The highest BCUT2D eigenvalue weighted by molar-refractivity contribution is 6.74. The Labute approximate surface area is 142 Å². The molecule has 0 saturated heterocycles. The molecule has 0 spiro atoms. The van der Waals surface area contributed by atoms with E-state index in [2.05, 4.69) is 66.8 Å². The minimum Gasteiger partial charge on any atom is -0.541 e. The van der Waals surface area contributed by atoms with Crippen molar-refractivity contribution in [3.63, 3.8) is 0 Å². The van der Waals surface area contributed by atoms with Crippen LogP contribution in [0.1, 0.15) is 52.7 Å². The van der Waals surface area contributed by atoms with E-state index in [1.54, 1.807) is 7.11 Å². The van der Waals surface area contributed by atoms with Crippen molar-refractivity contribution in [2.45, 2.75) is 71.6 Å². The van der Waals surface area contributed by atoms with Gasteiger partial charge in [0.15, 0.2) is 5.75 Å². The molecular formula is C19H31NO2Si. The van der Waals surface area contributed by atoms with Gasteiger partial charge in [0.2, 0.25) is 0 Å². The number of aliphatic imine (C=N–C) groups is 1. The zero-order chi connectivity index (χ0) is 17.6. The van der Waals surface area contributed by atoms with Crippen molar-refractivity contribution in [2.75, 3.05) is 7.11 Å². The molecule has 1 heterocycles. The Kier molecular flexibility index (Phi) is 4.44. The van der Waals surface area contributed by atoms with E-state index in [4.69, 9.17) is 14.2 Å². The van der Waals surface area contributed by atoms with Crippen LogP contribution in [0.2, 0.25) is 18.1 Å². The van der Waals surface area contributed by atoms with Crippen LogP contribution in [-0.2, 0) is 6.42 Å². The number of ether oxygens (including phenoxy) is 1. The summed E-state index contributed by atoms with van der Waals surface area (Å²) in [5.41, 5.74) is 3.52. The van der Waals surface area contributed by atoms with Gasteiger partial charge in [0.1, 0.15) is 5.75 Å². The third kappa shape index (κ3) is 3.63. The second-order valence-corrected chi connectivity index (χ2v) is 13.4. The zero-order valence-electron chi connectivity index (χ0n) is 16.1. The normalized spacial score (nSPS) is 17.3. The predicted octanol–water partition coefficient (Wildman–Crippen LogP) is 5.22. The molecule has 0 bridgehead atoms. The Morgan fingerprint density at radius 3 is 2.26 bits per heavy atom. The summed E-state index contributed by atoms with van der Waals surface area (Å²) in [4.78, 5) is 4.83. The summed E-state index contributed by atoms with van der Waals surface area (Å²) < 4.78 is 12.1. The van der Waals surface area contributed by atoms with Crippen molar-refractivity contribution in [3.8, 4) is 11.5 Å². The SMILES string of the molecule is COc1cc2c(cc1O[Si](C)(C)C(C)(C)C)C(C)=NC(C)(C)C2. The quantitative estimate of drug-likeness (QED) is 0.710. The molecule has 0 saturated carbocycles. The van der Waals surface area contributed by atoms with Gasteiger partial charge >= 0.3 is 0 Å². The average molecular weight is 334 g/mol. The van der Waals surface area contributed by atoms with Gasteiger partial charge < -0.3 is 9.16 Å². The van der Waals surface area contributed by atoms with Crippen LogP contribution >= 0.6 is 0 Å². The average Bonchev–Trinajstić information content (AvgIpc) is 2.36. The number of hydrogen-bond acceptors (Lipinski definition) is 3. The molecule has 0 radical (unpaired) electrons. The summed E-state index contributed by atoms with van der Waals surface area (Å²) in [6.07, 6.45) is 0.927. The summed E-state index contributed by atoms with van der Waals surface area (Å²) >= 11 is 0. The summed E-state index contributed by atoms with van der Waals surface area (Å²) in [5, 5.41) is 0.152. The molecule has 1 aliphatic heterocycles. The van der Waals surface area contributed by atoms with E-state index in [0.717, 1.165) is 23.6 Å². The largest absolute Gasteiger partial charge is 0.541 e. The van der Waals surface area contributed by atoms with Crippen LogP contribution in [0.25, 0.3) is 0 Å². The smallest absolute Gasteiger partial charge is 0.250 e. The fraction of sp³-hybridized carbons (Fsp3) is 0.632. The maximum Gasteiger partial charge on any atom is 0.250 e. The fourth-order valence-corrected chi connectivity index (χ4v) is 3.79. The Hall–Kier alpha value is -1.29. The number of hydrogen-bond donors (Lipinski definition) is 0. The molecule has 0 fully saturated rings. The zero-order valence-corrected chi connectivity index (χ0v) is 17.1. The highest BCUT2D eigenvalue weighted by atomic mass is 28.4. The van der Waals surface area contributed by atoms with Crippen molar-refractivity contribution in [1.82, 2.24) is 0 Å². The van der Waals surface area contributed by atoms with E-state index < -0.39 is 8.32 Å². The van der Waals surface area contributed by atoms with E-state index in [0.29, 0.717) is 0 Å². The monoisotopic (exact) mass is 333 g/mol. The molecule has 23 heavy (non-hydrogen) atoms. The van der Waals surface area contributed by atoms with Crippen LogP contribution in [0.5, 0.6) is 11.5 Å². The summed E-state index contributed by atoms with van der Waals surface area (Å²) in [6, 6.07) is 4.26. The Morgan fingerprint density at radius 2 is 1.74 bits per heavy atom. The number of nitrogens with zero attached hydrogens (tertiary/aromatic N) is 1. The van der Waals surface area contributed by atoms with Gasteiger partial charge in [-0.3, -0.25) is 4.99 Å². The maximum atomic E-state index is 6.51. The number of rotatable bonds is 3. The molecule has 0 unspecified atom stereocenters. The summed E-state index contributed by atoms with van der Waals surface area (Å²) in [5.74, 6) is 1.69. The lowest BCUT2D eigenvalue weighted by atomic mass is 9.87. The topological polar surface area (TPSA) is 30.8 Å². The van der Waals surface area contributed by atoms with Crippen LogP contribution in [0, 0.1) is 0 Å². The van der Waals surface area contributed by atoms with Gasteiger partial charge in [0, 0.05) is 11.3 Å². The van der Waals surface area contributed by atoms with Gasteiger partial charge in [-0.25, -0.2) is 0 Å². The molecule has 0 aromatic heterocycles. The Morgan fingerprint density at radius 1 is 1.13 bits per heavy atom. The molecule has 2 rings (SSSR count). The highest BCUT2D eigenvalue weighted by Crippen LogP contribution is 2.42. The lowest BCUT2D eigenvalue weighted by molar-refractivity contribution is 0.384. The summed E-state index contributed by atoms with van der Waals surface area (Å²) in [7, 11) is -0.191. The van der Waals surface area contributed by atoms with Gasteiger partial charge in [-0.1, -0.05) is 20.8 Å².